The van der Waals surface area contributed by atoms with Gasteiger partial charge in [-0.05, 0) is 36.4 Å². The number of aromatic nitrogens is 2. The number of carbonyl (C=O) groups is 3. The summed E-state index contributed by atoms with van der Waals surface area (Å²) in [6.45, 7) is 0.442. The van der Waals surface area contributed by atoms with Gasteiger partial charge in [-0.3, -0.25) is 14.4 Å². The first kappa shape index (κ1) is 21.1. The van der Waals surface area contributed by atoms with Gasteiger partial charge >= 0.3 is 0 Å². The molecule has 1 aliphatic rings. The normalized spacial score (nSPS) is 17.8. The topological polar surface area (TPSA) is 131 Å². The maximum absolute atomic E-state index is 12.1. The number of likely N-dealkylation sites (N-methyl/N-ethyl adjacent to an activating group) is 1. The number of fused-ring (bicyclic) bond motifs is 1. The fourth-order valence-electron chi connectivity index (χ4n) is 3.64. The minimum atomic E-state index is -1.70. The molecule has 0 saturated carbocycles. The van der Waals surface area contributed by atoms with Crippen LogP contribution in [0.1, 0.15) is 32.8 Å². The molecule has 0 radical (unpaired) electrons. The van der Waals surface area contributed by atoms with Crippen molar-refractivity contribution in [2.45, 2.75) is 12.0 Å². The van der Waals surface area contributed by atoms with Crippen molar-refractivity contribution in [1.29, 1.82) is 0 Å². The Balaban J connectivity index is 1.78. The average Bonchev–Trinajstić information content (AvgIpc) is 3.30. The van der Waals surface area contributed by atoms with Crippen LogP contribution in [0.2, 0.25) is 0 Å². The maximum atomic E-state index is 12.1. The van der Waals surface area contributed by atoms with E-state index in [0.717, 1.165) is 0 Å². The van der Waals surface area contributed by atoms with E-state index in [1.165, 1.54) is 16.6 Å². The third kappa shape index (κ3) is 3.57. The zero-order valence-electron chi connectivity index (χ0n) is 17.5. The lowest BCUT2D eigenvalue weighted by Gasteiger charge is -2.13. The molecule has 32 heavy (non-hydrogen) atoms. The third-order valence-electron chi connectivity index (χ3n) is 5.42. The lowest BCUT2D eigenvalue weighted by atomic mass is 10.0. The standard InChI is InChI=1S/C23H21N5O4/c1-25-21(30)15-6-7-18-17(13-15)19(20(24)29)26-28(18)16-5-3-4-14(12-16)8-9-23(32)10-11-27(2)22(23)31/h3-7,12-13,32H,10-11H2,1-2H3,(H2,24,29)(H,25,30). The van der Waals surface area contributed by atoms with Gasteiger partial charge in [0.15, 0.2) is 5.69 Å². The Kier molecular flexibility index (Phi) is 5.16. The highest BCUT2D eigenvalue weighted by atomic mass is 16.3. The van der Waals surface area contributed by atoms with Crippen molar-refractivity contribution in [2.75, 3.05) is 20.6 Å². The van der Waals surface area contributed by atoms with E-state index < -0.39 is 17.4 Å². The Labute approximate surface area is 183 Å². The number of likely N-dealkylation sites (tertiary alicyclic amines) is 1. The summed E-state index contributed by atoms with van der Waals surface area (Å²) in [5, 5.41) is 17.8. The number of nitrogens with zero attached hydrogens (tertiary/aromatic N) is 3. The van der Waals surface area contributed by atoms with Crippen molar-refractivity contribution in [2.24, 2.45) is 5.73 Å². The molecular weight excluding hydrogens is 410 g/mol. The first-order valence-electron chi connectivity index (χ1n) is 9.90. The molecule has 4 N–H and O–H groups in total. The number of amides is 3. The van der Waals surface area contributed by atoms with Crippen molar-refractivity contribution in [1.82, 2.24) is 20.0 Å². The van der Waals surface area contributed by atoms with Crippen LogP contribution >= 0.6 is 0 Å². The predicted molar refractivity (Wildman–Crippen MR) is 117 cm³/mol. The molecule has 0 spiro atoms. The van der Waals surface area contributed by atoms with Gasteiger partial charge in [0.1, 0.15) is 0 Å². The summed E-state index contributed by atoms with van der Waals surface area (Å²) in [5.74, 6) is 4.12. The zero-order valence-corrected chi connectivity index (χ0v) is 17.5. The van der Waals surface area contributed by atoms with Crippen LogP contribution in [-0.2, 0) is 4.79 Å². The minimum absolute atomic E-state index is 0.0381. The number of nitrogens with two attached hydrogens (primary N) is 1. The van der Waals surface area contributed by atoms with E-state index in [-0.39, 0.29) is 18.0 Å². The number of primary amides is 1. The van der Waals surface area contributed by atoms with Crippen LogP contribution in [0, 0.1) is 11.8 Å². The van der Waals surface area contributed by atoms with Gasteiger partial charge in [-0.1, -0.05) is 17.9 Å². The molecule has 3 aromatic rings. The molecule has 1 unspecified atom stereocenters. The molecule has 3 amide bonds. The van der Waals surface area contributed by atoms with Crippen molar-refractivity contribution >= 4 is 28.6 Å². The molecule has 0 bridgehead atoms. The fourth-order valence-corrected chi connectivity index (χ4v) is 3.64. The number of nitrogens with one attached hydrogen (secondary N) is 1. The Morgan fingerprint density at radius 1 is 1.25 bits per heavy atom. The van der Waals surface area contributed by atoms with Crippen LogP contribution in [0.3, 0.4) is 0 Å². The van der Waals surface area contributed by atoms with Crippen LogP contribution in [-0.4, -0.2) is 63.7 Å². The molecule has 1 aromatic heterocycles. The molecular formula is C23H21N5O4. The quantitative estimate of drug-likeness (QED) is 0.518. The molecule has 2 heterocycles. The summed E-state index contributed by atoms with van der Waals surface area (Å²) in [7, 11) is 3.14. The second kappa shape index (κ2) is 7.83. The lowest BCUT2D eigenvalue weighted by Crippen LogP contribution is -2.37. The Bertz CT molecular complexity index is 1330. The Morgan fingerprint density at radius 2 is 2.03 bits per heavy atom. The predicted octanol–water partition coefficient (Wildman–Crippen LogP) is 0.429. The summed E-state index contributed by atoms with van der Waals surface area (Å²) < 4.78 is 1.54. The molecule has 9 nitrogen and oxygen atoms in total. The zero-order chi connectivity index (χ0) is 23.0. The molecule has 9 heteroatoms. The Morgan fingerprint density at radius 3 is 2.69 bits per heavy atom. The number of rotatable bonds is 3. The first-order valence-corrected chi connectivity index (χ1v) is 9.90. The summed E-state index contributed by atoms with van der Waals surface area (Å²) >= 11 is 0. The second-order valence-corrected chi connectivity index (χ2v) is 7.57. The summed E-state index contributed by atoms with van der Waals surface area (Å²) in [6.07, 6.45) is 0.245. The van der Waals surface area contributed by atoms with Gasteiger partial charge in [0.2, 0.25) is 5.60 Å². The summed E-state index contributed by atoms with van der Waals surface area (Å²) in [6, 6.07) is 11.9. The molecule has 4 rings (SSSR count). The van der Waals surface area contributed by atoms with Crippen LogP contribution in [0.25, 0.3) is 16.6 Å². The third-order valence-corrected chi connectivity index (χ3v) is 5.42. The van der Waals surface area contributed by atoms with E-state index in [4.69, 9.17) is 5.73 Å². The number of hydrogen-bond donors (Lipinski definition) is 3. The monoisotopic (exact) mass is 431 g/mol. The van der Waals surface area contributed by atoms with Crippen LogP contribution in [0.4, 0.5) is 0 Å². The van der Waals surface area contributed by atoms with Gasteiger partial charge in [-0.2, -0.15) is 5.10 Å². The number of aliphatic hydroxyl groups is 1. The number of benzene rings is 2. The molecule has 162 valence electrons. The van der Waals surface area contributed by atoms with Gasteiger partial charge in [0, 0.05) is 43.6 Å². The van der Waals surface area contributed by atoms with Crippen LogP contribution in [0.5, 0.6) is 0 Å². The van der Waals surface area contributed by atoms with Gasteiger partial charge in [0.25, 0.3) is 17.7 Å². The van der Waals surface area contributed by atoms with E-state index in [0.29, 0.717) is 34.3 Å². The smallest absolute Gasteiger partial charge is 0.269 e. The number of hydrogen-bond acceptors (Lipinski definition) is 5. The van der Waals surface area contributed by atoms with Crippen LogP contribution < -0.4 is 11.1 Å². The van der Waals surface area contributed by atoms with Crippen molar-refractivity contribution < 1.29 is 19.5 Å². The first-order chi connectivity index (χ1) is 15.2. The van der Waals surface area contributed by atoms with Gasteiger partial charge in [-0.25, -0.2) is 4.68 Å². The van der Waals surface area contributed by atoms with Crippen LogP contribution in [0.15, 0.2) is 42.5 Å². The van der Waals surface area contributed by atoms with E-state index in [2.05, 4.69) is 22.3 Å². The van der Waals surface area contributed by atoms with Gasteiger partial charge < -0.3 is 21.1 Å². The molecule has 1 aliphatic heterocycles. The average molecular weight is 431 g/mol. The van der Waals surface area contributed by atoms with E-state index in [1.807, 2.05) is 0 Å². The maximum Gasteiger partial charge on any atom is 0.269 e. The lowest BCUT2D eigenvalue weighted by molar-refractivity contribution is -0.137. The van der Waals surface area contributed by atoms with Gasteiger partial charge in [-0.15, -0.1) is 0 Å². The summed E-state index contributed by atoms with van der Waals surface area (Å²) in [5.41, 5.74) is 5.98. The van der Waals surface area contributed by atoms with Crippen molar-refractivity contribution in [3.8, 4) is 17.5 Å². The van der Waals surface area contributed by atoms with E-state index in [1.54, 1.807) is 49.5 Å². The highest BCUT2D eigenvalue weighted by molar-refractivity contribution is 6.07. The SMILES string of the molecule is CNC(=O)c1ccc2c(c1)c(C(N)=O)nn2-c1cccc(C#CC2(O)CCN(C)C2=O)c1. The van der Waals surface area contributed by atoms with E-state index in [9.17, 15) is 19.5 Å². The fraction of sp³-hybridized carbons (Fsp3) is 0.217. The molecule has 1 atom stereocenters. The highest BCUT2D eigenvalue weighted by Crippen LogP contribution is 2.25. The largest absolute Gasteiger partial charge is 0.369 e. The highest BCUT2D eigenvalue weighted by Gasteiger charge is 2.42. The van der Waals surface area contributed by atoms with Crippen molar-refractivity contribution in [3.63, 3.8) is 0 Å². The van der Waals surface area contributed by atoms with Gasteiger partial charge in [0.05, 0.1) is 11.2 Å². The minimum Gasteiger partial charge on any atom is -0.369 e. The molecule has 1 saturated heterocycles. The molecule has 2 aromatic carbocycles. The summed E-state index contributed by atoms with van der Waals surface area (Å²) in [4.78, 5) is 37.5. The molecule has 0 aliphatic carbocycles. The molecule has 1 fully saturated rings. The second-order valence-electron chi connectivity index (χ2n) is 7.57. The van der Waals surface area contributed by atoms with E-state index >= 15 is 0 Å². The number of carbonyl (C=O) groups excluding carboxylic acids is 3. The van der Waals surface area contributed by atoms with Crippen molar-refractivity contribution in [3.05, 3.63) is 59.3 Å². The Hall–Kier alpha value is -4.16.